The Labute approximate surface area is 239 Å². The summed E-state index contributed by atoms with van der Waals surface area (Å²) >= 11 is 0. The van der Waals surface area contributed by atoms with Crippen LogP contribution in [0.1, 0.15) is 49.3 Å². The smallest absolute Gasteiger partial charge is 0.323 e. The van der Waals surface area contributed by atoms with Crippen molar-refractivity contribution in [2.24, 2.45) is 11.3 Å². The lowest BCUT2D eigenvalue weighted by molar-refractivity contribution is -0.127. The maximum absolute atomic E-state index is 13.6. The lowest BCUT2D eigenvalue weighted by atomic mass is 9.66. The van der Waals surface area contributed by atoms with E-state index in [2.05, 4.69) is 29.8 Å². The molecule has 8 heteroatoms. The standard InChI is InChI=1S/C33H33N3O5/c1-33(2)16-23-28(24(37)17-33)27(29-30(34-23)35-32(39)36-31(29)38)22-13-14-25(40-18-20-9-5-3-6-10-20)26(15-22)41-19-21-11-7-4-8-12-21/h3-15,27,29-30,34H,16-19H2,1-2H3,(H2,35,36,38,39). The van der Waals surface area contributed by atoms with Gasteiger partial charge in [-0.15, -0.1) is 0 Å². The average molecular weight is 552 g/mol. The van der Waals surface area contributed by atoms with E-state index in [0.717, 1.165) is 22.4 Å². The Morgan fingerprint density at radius 3 is 2.07 bits per heavy atom. The maximum Gasteiger partial charge on any atom is 0.323 e. The van der Waals surface area contributed by atoms with Crippen LogP contribution in [-0.4, -0.2) is 23.9 Å². The first kappa shape index (κ1) is 26.6. The molecule has 3 amide bonds. The number of ketones is 1. The summed E-state index contributed by atoms with van der Waals surface area (Å²) < 4.78 is 12.5. The van der Waals surface area contributed by atoms with Crippen LogP contribution >= 0.6 is 0 Å². The zero-order chi connectivity index (χ0) is 28.6. The number of hydrogen-bond acceptors (Lipinski definition) is 6. The Balaban J connectivity index is 1.40. The maximum atomic E-state index is 13.6. The Hall–Kier alpha value is -4.59. The molecule has 6 rings (SSSR count). The molecule has 1 saturated heterocycles. The van der Waals surface area contributed by atoms with Gasteiger partial charge in [-0.2, -0.15) is 0 Å². The number of carbonyl (C=O) groups excluding carboxylic acids is 3. The fourth-order valence-electron chi connectivity index (χ4n) is 6.07. The van der Waals surface area contributed by atoms with E-state index >= 15 is 0 Å². The van der Waals surface area contributed by atoms with Crippen LogP contribution in [0, 0.1) is 11.3 Å². The molecule has 0 aromatic heterocycles. The van der Waals surface area contributed by atoms with Crippen molar-refractivity contribution in [2.45, 2.75) is 52.0 Å². The third-order valence-corrected chi connectivity index (χ3v) is 7.91. The Bertz CT molecular complexity index is 1520. The van der Waals surface area contributed by atoms with Gasteiger partial charge in [0.05, 0.1) is 5.92 Å². The van der Waals surface area contributed by atoms with Crippen molar-refractivity contribution < 1.29 is 23.9 Å². The molecule has 0 saturated carbocycles. The van der Waals surface area contributed by atoms with Gasteiger partial charge in [-0.05, 0) is 40.7 Å². The van der Waals surface area contributed by atoms with Gasteiger partial charge in [-0.3, -0.25) is 14.9 Å². The molecule has 3 atom stereocenters. The average Bonchev–Trinajstić information content (AvgIpc) is 2.94. The number of nitrogens with one attached hydrogen (secondary N) is 3. The number of hydrogen-bond donors (Lipinski definition) is 3. The van der Waals surface area contributed by atoms with Gasteiger partial charge in [0.2, 0.25) is 5.91 Å². The van der Waals surface area contributed by atoms with Crippen LogP contribution in [0.2, 0.25) is 0 Å². The van der Waals surface area contributed by atoms with Crippen molar-refractivity contribution in [3.8, 4) is 11.5 Å². The number of rotatable bonds is 7. The van der Waals surface area contributed by atoms with Crippen LogP contribution in [0.15, 0.2) is 90.1 Å². The highest BCUT2D eigenvalue weighted by Gasteiger charge is 2.51. The van der Waals surface area contributed by atoms with Gasteiger partial charge >= 0.3 is 6.03 Å². The Morgan fingerprint density at radius 2 is 1.41 bits per heavy atom. The monoisotopic (exact) mass is 551 g/mol. The first-order valence-corrected chi connectivity index (χ1v) is 13.9. The van der Waals surface area contributed by atoms with Gasteiger partial charge in [0.1, 0.15) is 19.4 Å². The molecule has 41 heavy (non-hydrogen) atoms. The fraction of sp³-hybridized carbons (Fsp3) is 0.303. The van der Waals surface area contributed by atoms with E-state index in [1.807, 2.05) is 78.9 Å². The lowest BCUT2D eigenvalue weighted by Gasteiger charge is -2.46. The molecule has 1 fully saturated rings. The minimum atomic E-state index is -0.713. The molecule has 0 bridgehead atoms. The highest BCUT2D eigenvalue weighted by molar-refractivity contribution is 6.04. The Kier molecular flexibility index (Phi) is 6.99. The summed E-state index contributed by atoms with van der Waals surface area (Å²) in [5.41, 5.74) is 3.92. The summed E-state index contributed by atoms with van der Waals surface area (Å²) in [6, 6.07) is 24.8. The van der Waals surface area contributed by atoms with Crippen LogP contribution in [-0.2, 0) is 22.8 Å². The number of amides is 3. The van der Waals surface area contributed by atoms with Gasteiger partial charge in [0.25, 0.3) is 0 Å². The first-order valence-electron chi connectivity index (χ1n) is 13.9. The number of benzene rings is 3. The molecule has 3 aromatic carbocycles. The number of allylic oxidation sites excluding steroid dienone is 2. The summed E-state index contributed by atoms with van der Waals surface area (Å²) in [6.45, 7) is 4.79. The quantitative estimate of drug-likeness (QED) is 0.384. The number of Topliss-reactive ketones (excluding diaryl/α,β-unsaturated/α-hetero) is 1. The second-order valence-electron chi connectivity index (χ2n) is 11.7. The van der Waals surface area contributed by atoms with Crippen molar-refractivity contribution in [2.75, 3.05) is 0 Å². The second kappa shape index (κ2) is 10.8. The molecule has 8 nitrogen and oxygen atoms in total. The summed E-state index contributed by atoms with van der Waals surface area (Å²) in [6.07, 6.45) is 0.385. The van der Waals surface area contributed by atoms with Crippen molar-refractivity contribution >= 4 is 17.7 Å². The minimum absolute atomic E-state index is 0.00746. The molecule has 2 aliphatic heterocycles. The van der Waals surface area contributed by atoms with Gasteiger partial charge in [0, 0.05) is 23.6 Å². The van der Waals surface area contributed by atoms with Crippen molar-refractivity contribution in [1.29, 1.82) is 0 Å². The molecule has 2 heterocycles. The zero-order valence-electron chi connectivity index (χ0n) is 23.1. The molecule has 3 aromatic rings. The summed E-state index contributed by atoms with van der Waals surface area (Å²) in [4.78, 5) is 39.1. The molecule has 0 spiro atoms. The number of carbonyl (C=O) groups is 3. The normalized spacial score (nSPS) is 23.0. The molecule has 1 aliphatic carbocycles. The van der Waals surface area contributed by atoms with Crippen LogP contribution in [0.25, 0.3) is 0 Å². The van der Waals surface area contributed by atoms with Crippen molar-refractivity contribution in [3.63, 3.8) is 0 Å². The van der Waals surface area contributed by atoms with E-state index in [1.165, 1.54) is 0 Å². The van der Waals surface area contributed by atoms with E-state index in [9.17, 15) is 14.4 Å². The largest absolute Gasteiger partial charge is 0.485 e. The van der Waals surface area contributed by atoms with E-state index in [1.54, 1.807) is 0 Å². The van der Waals surface area contributed by atoms with Crippen LogP contribution in [0.4, 0.5) is 4.79 Å². The van der Waals surface area contributed by atoms with Gasteiger partial charge in [-0.25, -0.2) is 4.79 Å². The van der Waals surface area contributed by atoms with Crippen LogP contribution < -0.4 is 25.4 Å². The van der Waals surface area contributed by atoms with E-state index in [4.69, 9.17) is 9.47 Å². The molecular weight excluding hydrogens is 518 g/mol. The zero-order valence-corrected chi connectivity index (χ0v) is 23.1. The fourth-order valence-corrected chi connectivity index (χ4v) is 6.07. The topological polar surface area (TPSA) is 106 Å². The lowest BCUT2D eigenvalue weighted by Crippen LogP contribution is -2.66. The molecular formula is C33H33N3O5. The van der Waals surface area contributed by atoms with Gasteiger partial charge in [-0.1, -0.05) is 80.6 Å². The predicted octanol–water partition coefficient (Wildman–Crippen LogP) is 4.96. The van der Waals surface area contributed by atoms with Crippen molar-refractivity contribution in [3.05, 3.63) is 107 Å². The first-order chi connectivity index (χ1) is 19.8. The third-order valence-electron chi connectivity index (χ3n) is 7.91. The minimum Gasteiger partial charge on any atom is -0.485 e. The summed E-state index contributed by atoms with van der Waals surface area (Å²) in [5.74, 6) is -0.615. The SMILES string of the molecule is CC1(C)CC(=O)C2=C(C1)NC1NC(=O)NC(=O)C1C2c1ccc(OCc2ccccc2)c(OCc2ccccc2)c1. The number of urea groups is 1. The molecule has 3 unspecified atom stereocenters. The van der Waals surface area contributed by atoms with Crippen LogP contribution in [0.3, 0.4) is 0 Å². The molecule has 3 aliphatic rings. The number of ether oxygens (including phenoxy) is 2. The van der Waals surface area contributed by atoms with E-state index in [-0.39, 0.29) is 11.2 Å². The van der Waals surface area contributed by atoms with Gasteiger partial charge < -0.3 is 20.1 Å². The number of fused-ring (bicyclic) bond motifs is 1. The highest BCUT2D eigenvalue weighted by Crippen LogP contribution is 2.48. The number of imide groups is 1. The van der Waals surface area contributed by atoms with E-state index in [0.29, 0.717) is 43.1 Å². The Morgan fingerprint density at radius 1 is 0.780 bits per heavy atom. The molecule has 3 N–H and O–H groups in total. The summed E-state index contributed by atoms with van der Waals surface area (Å²) in [5, 5.41) is 8.57. The van der Waals surface area contributed by atoms with Crippen LogP contribution in [0.5, 0.6) is 11.5 Å². The highest BCUT2D eigenvalue weighted by atomic mass is 16.5. The van der Waals surface area contributed by atoms with E-state index < -0.39 is 29.9 Å². The summed E-state index contributed by atoms with van der Waals surface area (Å²) in [7, 11) is 0. The molecule has 0 radical (unpaired) electrons. The van der Waals surface area contributed by atoms with Crippen molar-refractivity contribution in [1.82, 2.24) is 16.0 Å². The predicted molar refractivity (Wildman–Crippen MR) is 153 cm³/mol. The third kappa shape index (κ3) is 5.55. The molecule has 210 valence electrons. The second-order valence-corrected chi connectivity index (χ2v) is 11.7. The van der Waals surface area contributed by atoms with Gasteiger partial charge in [0.15, 0.2) is 17.3 Å².